The Morgan fingerprint density at radius 2 is 1.95 bits per heavy atom. The molecule has 0 N–H and O–H groups in total. The molecule has 1 aromatic rings. The van der Waals surface area contributed by atoms with Gasteiger partial charge in [-0.25, -0.2) is 9.97 Å². The van der Waals surface area contributed by atoms with Crippen LogP contribution in [0, 0.1) is 5.92 Å². The van der Waals surface area contributed by atoms with E-state index in [-0.39, 0.29) is 0 Å². The van der Waals surface area contributed by atoms with E-state index in [9.17, 15) is 0 Å². The molecule has 106 valence electrons. The van der Waals surface area contributed by atoms with Gasteiger partial charge >= 0.3 is 0 Å². The first-order valence-corrected chi connectivity index (χ1v) is 8.81. The van der Waals surface area contributed by atoms with Crippen LogP contribution in [-0.2, 0) is 11.8 Å². The van der Waals surface area contributed by atoms with Crippen molar-refractivity contribution in [3.63, 3.8) is 0 Å². The van der Waals surface area contributed by atoms with Crippen LogP contribution in [0.5, 0.6) is 0 Å². The van der Waals surface area contributed by atoms with Gasteiger partial charge in [-0.1, -0.05) is 42.6 Å². The predicted molar refractivity (Wildman–Crippen MR) is 83.6 cm³/mol. The molecule has 0 aromatic carbocycles. The van der Waals surface area contributed by atoms with Gasteiger partial charge in [0.1, 0.15) is 5.82 Å². The zero-order chi connectivity index (χ0) is 13.7. The summed E-state index contributed by atoms with van der Waals surface area (Å²) in [5, 5.41) is 0.861. The zero-order valence-corrected chi connectivity index (χ0v) is 13.7. The van der Waals surface area contributed by atoms with E-state index >= 15 is 0 Å². The quantitative estimate of drug-likeness (QED) is 0.711. The number of hydrogen-bond acceptors (Lipinski definition) is 2. The van der Waals surface area contributed by atoms with Gasteiger partial charge in [-0.3, -0.25) is 0 Å². The number of halogens is 1. The van der Waals surface area contributed by atoms with E-state index in [4.69, 9.17) is 4.98 Å². The molecule has 1 fully saturated rings. The summed E-state index contributed by atoms with van der Waals surface area (Å²) in [5.74, 6) is 2.65. The first-order valence-electron chi connectivity index (χ1n) is 7.69. The maximum absolute atomic E-state index is 4.82. The van der Waals surface area contributed by atoms with Crippen molar-refractivity contribution in [1.82, 2.24) is 9.97 Å². The highest BCUT2D eigenvalue weighted by molar-refractivity contribution is 9.08. The minimum atomic E-state index is 0.600. The summed E-state index contributed by atoms with van der Waals surface area (Å²) < 4.78 is 0. The molecule has 1 aliphatic rings. The number of alkyl halides is 1. The molecule has 0 spiro atoms. The maximum atomic E-state index is 4.82. The van der Waals surface area contributed by atoms with E-state index in [2.05, 4.69) is 34.8 Å². The van der Waals surface area contributed by atoms with Crippen molar-refractivity contribution in [3.8, 4) is 0 Å². The number of nitrogens with zero attached hydrogens (tertiary/aromatic N) is 2. The second-order valence-corrected chi connectivity index (χ2v) is 6.25. The Hall–Kier alpha value is -0.440. The molecule has 0 unspecified atom stereocenters. The van der Waals surface area contributed by atoms with Gasteiger partial charge in [-0.15, -0.1) is 0 Å². The SMILES string of the molecule is CCCC1CCC(c2ncc(CBr)c(CC)n2)CC1. The minimum absolute atomic E-state index is 0.600. The maximum Gasteiger partial charge on any atom is 0.131 e. The highest BCUT2D eigenvalue weighted by Crippen LogP contribution is 2.36. The normalized spacial score (nSPS) is 23.5. The highest BCUT2D eigenvalue weighted by atomic mass is 79.9. The van der Waals surface area contributed by atoms with Crippen molar-refractivity contribution in [1.29, 1.82) is 0 Å². The molecule has 1 aliphatic carbocycles. The van der Waals surface area contributed by atoms with Crippen molar-refractivity contribution < 1.29 is 0 Å². The summed E-state index contributed by atoms with van der Waals surface area (Å²) in [5.41, 5.74) is 2.46. The Morgan fingerprint density at radius 1 is 1.21 bits per heavy atom. The Kier molecular flexibility index (Phi) is 5.80. The van der Waals surface area contributed by atoms with Crippen molar-refractivity contribution >= 4 is 15.9 Å². The van der Waals surface area contributed by atoms with Gasteiger partial charge in [0, 0.05) is 28.7 Å². The van der Waals surface area contributed by atoms with Crippen LogP contribution in [0.4, 0.5) is 0 Å². The number of aryl methyl sites for hydroxylation is 1. The zero-order valence-electron chi connectivity index (χ0n) is 12.2. The van der Waals surface area contributed by atoms with E-state index in [1.165, 1.54) is 49.8 Å². The monoisotopic (exact) mass is 324 g/mol. The molecule has 3 heteroatoms. The van der Waals surface area contributed by atoms with Gasteiger partial charge in [-0.2, -0.15) is 0 Å². The third kappa shape index (κ3) is 3.77. The smallest absolute Gasteiger partial charge is 0.131 e. The molecular formula is C16H25BrN2. The molecule has 1 heterocycles. The lowest BCUT2D eigenvalue weighted by atomic mass is 9.79. The lowest BCUT2D eigenvalue weighted by molar-refractivity contribution is 0.302. The topological polar surface area (TPSA) is 25.8 Å². The van der Waals surface area contributed by atoms with Crippen LogP contribution >= 0.6 is 15.9 Å². The molecule has 1 saturated carbocycles. The van der Waals surface area contributed by atoms with E-state index in [0.717, 1.165) is 23.5 Å². The van der Waals surface area contributed by atoms with Crippen LogP contribution in [0.25, 0.3) is 0 Å². The van der Waals surface area contributed by atoms with E-state index in [1.807, 2.05) is 6.20 Å². The molecule has 0 saturated heterocycles. The first-order chi connectivity index (χ1) is 9.28. The largest absolute Gasteiger partial charge is 0.241 e. The molecule has 0 radical (unpaired) electrons. The molecular weight excluding hydrogens is 300 g/mol. The fraction of sp³-hybridized carbons (Fsp3) is 0.750. The Bertz CT molecular complexity index is 398. The highest BCUT2D eigenvalue weighted by Gasteiger charge is 2.24. The summed E-state index contributed by atoms with van der Waals surface area (Å²) in [6.45, 7) is 4.47. The van der Waals surface area contributed by atoms with Gasteiger partial charge < -0.3 is 0 Å². The summed E-state index contributed by atoms with van der Waals surface area (Å²) in [7, 11) is 0. The van der Waals surface area contributed by atoms with Crippen molar-refractivity contribution in [2.24, 2.45) is 5.92 Å². The summed E-state index contributed by atoms with van der Waals surface area (Å²) >= 11 is 3.51. The average molecular weight is 325 g/mol. The fourth-order valence-corrected chi connectivity index (χ4v) is 3.66. The van der Waals surface area contributed by atoms with Crippen molar-refractivity contribution in [2.75, 3.05) is 0 Å². The molecule has 1 aromatic heterocycles. The first kappa shape index (κ1) is 15.0. The Morgan fingerprint density at radius 3 is 2.53 bits per heavy atom. The molecule has 2 rings (SSSR count). The Balaban J connectivity index is 2.03. The fourth-order valence-electron chi connectivity index (χ4n) is 3.19. The lowest BCUT2D eigenvalue weighted by Gasteiger charge is -2.27. The third-order valence-corrected chi connectivity index (χ3v) is 4.96. The van der Waals surface area contributed by atoms with Crippen LogP contribution in [0.1, 0.15) is 75.4 Å². The van der Waals surface area contributed by atoms with Gasteiger partial charge in [0.25, 0.3) is 0 Å². The number of hydrogen-bond donors (Lipinski definition) is 0. The van der Waals surface area contributed by atoms with Crippen molar-refractivity contribution in [2.45, 2.75) is 70.0 Å². The lowest BCUT2D eigenvalue weighted by Crippen LogP contribution is -2.16. The van der Waals surface area contributed by atoms with E-state index in [0.29, 0.717) is 5.92 Å². The molecule has 0 bridgehead atoms. The number of aromatic nitrogens is 2. The van der Waals surface area contributed by atoms with Gasteiger partial charge in [0.15, 0.2) is 0 Å². The number of rotatable bonds is 5. The summed E-state index contributed by atoms with van der Waals surface area (Å²) in [4.78, 5) is 9.43. The van der Waals surface area contributed by atoms with E-state index in [1.54, 1.807) is 0 Å². The summed E-state index contributed by atoms with van der Waals surface area (Å²) in [6, 6.07) is 0. The van der Waals surface area contributed by atoms with Crippen LogP contribution in [0.2, 0.25) is 0 Å². The van der Waals surface area contributed by atoms with Crippen LogP contribution in [-0.4, -0.2) is 9.97 Å². The minimum Gasteiger partial charge on any atom is -0.241 e. The third-order valence-electron chi connectivity index (χ3n) is 4.36. The van der Waals surface area contributed by atoms with E-state index < -0.39 is 0 Å². The molecule has 0 amide bonds. The summed E-state index contributed by atoms with van der Waals surface area (Å²) in [6.07, 6.45) is 11.0. The average Bonchev–Trinajstić information content (AvgIpc) is 2.47. The van der Waals surface area contributed by atoms with Gasteiger partial charge in [0.05, 0.1) is 0 Å². The van der Waals surface area contributed by atoms with Crippen molar-refractivity contribution in [3.05, 3.63) is 23.3 Å². The van der Waals surface area contributed by atoms with Gasteiger partial charge in [-0.05, 0) is 38.0 Å². The second kappa shape index (κ2) is 7.37. The standard InChI is InChI=1S/C16H25BrN2/c1-3-5-12-6-8-13(9-7-12)16-18-11-14(10-17)15(4-2)19-16/h11-13H,3-10H2,1-2H3. The Labute approximate surface area is 125 Å². The van der Waals surface area contributed by atoms with Crippen LogP contribution in [0.3, 0.4) is 0 Å². The van der Waals surface area contributed by atoms with Crippen LogP contribution < -0.4 is 0 Å². The molecule has 0 aliphatic heterocycles. The molecule has 0 atom stereocenters. The molecule has 2 nitrogen and oxygen atoms in total. The van der Waals surface area contributed by atoms with Gasteiger partial charge in [0.2, 0.25) is 0 Å². The second-order valence-electron chi connectivity index (χ2n) is 5.69. The predicted octanol–water partition coefficient (Wildman–Crippen LogP) is 5.01. The molecule has 19 heavy (non-hydrogen) atoms. The van der Waals surface area contributed by atoms with Crippen LogP contribution in [0.15, 0.2) is 6.20 Å².